The Balaban J connectivity index is 1.88. The zero-order chi connectivity index (χ0) is 18.7. The number of H-pyrrole nitrogens is 1. The van der Waals surface area contributed by atoms with Gasteiger partial charge in [-0.15, -0.1) is 0 Å². The smallest absolute Gasteiger partial charge is 0.347 e. The van der Waals surface area contributed by atoms with Crippen LogP contribution in [0.15, 0.2) is 54.6 Å². The highest BCUT2D eigenvalue weighted by molar-refractivity contribution is 5.98. The summed E-state index contributed by atoms with van der Waals surface area (Å²) in [6.07, 6.45) is -4.67. The van der Waals surface area contributed by atoms with Crippen LogP contribution in [0, 0.1) is 6.92 Å². The molecule has 134 valence electrons. The van der Waals surface area contributed by atoms with Crippen molar-refractivity contribution < 1.29 is 18.0 Å². The number of rotatable bonds is 4. The van der Waals surface area contributed by atoms with E-state index in [1.807, 2.05) is 31.2 Å². The van der Waals surface area contributed by atoms with E-state index in [0.29, 0.717) is 5.56 Å². The van der Waals surface area contributed by atoms with Crippen LogP contribution in [0.5, 0.6) is 0 Å². The van der Waals surface area contributed by atoms with Crippen LogP contribution in [0.4, 0.5) is 13.2 Å². The van der Waals surface area contributed by atoms with Crippen LogP contribution in [-0.2, 0) is 12.7 Å². The van der Waals surface area contributed by atoms with E-state index in [1.165, 1.54) is 0 Å². The van der Waals surface area contributed by atoms with Crippen molar-refractivity contribution >= 4 is 5.91 Å². The molecule has 0 radical (unpaired) electrons. The van der Waals surface area contributed by atoms with Gasteiger partial charge in [0.2, 0.25) is 5.82 Å². The van der Waals surface area contributed by atoms with Crippen molar-refractivity contribution in [3.05, 3.63) is 77.2 Å². The summed E-state index contributed by atoms with van der Waals surface area (Å²) in [5.74, 6) is -1.84. The van der Waals surface area contributed by atoms with Crippen molar-refractivity contribution in [2.24, 2.45) is 0 Å². The predicted molar refractivity (Wildman–Crippen MR) is 91.4 cm³/mol. The van der Waals surface area contributed by atoms with Gasteiger partial charge in [0.25, 0.3) is 5.91 Å². The molecule has 0 saturated heterocycles. The maximum absolute atomic E-state index is 13.0. The van der Waals surface area contributed by atoms with Gasteiger partial charge < -0.3 is 10.3 Å². The second-order valence-electron chi connectivity index (χ2n) is 5.84. The Labute approximate surface area is 148 Å². The molecule has 0 saturated carbocycles. The summed E-state index contributed by atoms with van der Waals surface area (Å²) in [6.45, 7) is 2.14. The second kappa shape index (κ2) is 7.03. The predicted octanol–water partition coefficient (Wildman–Crippen LogP) is 4.33. The number of imidazole rings is 1. The Morgan fingerprint density at radius 2 is 1.73 bits per heavy atom. The van der Waals surface area contributed by atoms with Crippen molar-refractivity contribution in [2.75, 3.05) is 0 Å². The molecule has 1 heterocycles. The largest absolute Gasteiger partial charge is 0.449 e. The minimum Gasteiger partial charge on any atom is -0.347 e. The van der Waals surface area contributed by atoms with Gasteiger partial charge in [-0.2, -0.15) is 13.2 Å². The van der Waals surface area contributed by atoms with E-state index in [9.17, 15) is 18.0 Å². The average Bonchev–Trinajstić information content (AvgIpc) is 3.08. The van der Waals surface area contributed by atoms with Gasteiger partial charge >= 0.3 is 6.18 Å². The topological polar surface area (TPSA) is 57.8 Å². The number of carbonyl (C=O) groups excluding carboxylic acids is 1. The molecule has 4 nitrogen and oxygen atoms in total. The lowest BCUT2D eigenvalue weighted by molar-refractivity contribution is -0.144. The highest BCUT2D eigenvalue weighted by atomic mass is 19.4. The second-order valence-corrected chi connectivity index (χ2v) is 5.84. The maximum Gasteiger partial charge on any atom is 0.449 e. The fourth-order valence-corrected chi connectivity index (χ4v) is 2.45. The summed E-state index contributed by atoms with van der Waals surface area (Å²) in [4.78, 5) is 18.2. The number of aromatic nitrogens is 2. The molecule has 0 aliphatic rings. The number of alkyl halides is 3. The Kier molecular flexibility index (Phi) is 4.79. The number of amides is 1. The van der Waals surface area contributed by atoms with E-state index in [1.54, 1.807) is 30.3 Å². The van der Waals surface area contributed by atoms with Gasteiger partial charge in [0.15, 0.2) is 0 Å². The van der Waals surface area contributed by atoms with Crippen molar-refractivity contribution in [1.82, 2.24) is 15.3 Å². The number of hydrogen-bond donors (Lipinski definition) is 2. The van der Waals surface area contributed by atoms with Crippen LogP contribution < -0.4 is 5.32 Å². The maximum atomic E-state index is 13.0. The van der Waals surface area contributed by atoms with Crippen molar-refractivity contribution in [2.45, 2.75) is 19.6 Å². The van der Waals surface area contributed by atoms with Crippen LogP contribution in [-0.4, -0.2) is 15.9 Å². The monoisotopic (exact) mass is 359 g/mol. The van der Waals surface area contributed by atoms with Gasteiger partial charge in [0, 0.05) is 12.1 Å². The first-order valence-corrected chi connectivity index (χ1v) is 7.91. The van der Waals surface area contributed by atoms with Crippen molar-refractivity contribution in [3.8, 4) is 11.3 Å². The molecule has 7 heteroatoms. The normalized spacial score (nSPS) is 11.4. The Hall–Kier alpha value is -3.09. The third kappa shape index (κ3) is 3.93. The molecule has 0 aliphatic carbocycles. The van der Waals surface area contributed by atoms with Crippen LogP contribution in [0.3, 0.4) is 0 Å². The molecule has 1 amide bonds. The molecular weight excluding hydrogens is 343 g/mol. The Morgan fingerprint density at radius 1 is 1.08 bits per heavy atom. The number of aryl methyl sites for hydroxylation is 1. The van der Waals surface area contributed by atoms with Crippen LogP contribution >= 0.6 is 0 Å². The van der Waals surface area contributed by atoms with Gasteiger partial charge in [-0.05, 0) is 12.5 Å². The number of carbonyl (C=O) groups is 1. The van der Waals surface area contributed by atoms with Gasteiger partial charge in [0.05, 0.1) is 0 Å². The number of hydrogen-bond acceptors (Lipinski definition) is 2. The van der Waals surface area contributed by atoms with Gasteiger partial charge in [-0.25, -0.2) is 4.98 Å². The van der Waals surface area contributed by atoms with Crippen LogP contribution in [0.2, 0.25) is 0 Å². The first-order chi connectivity index (χ1) is 12.3. The molecule has 26 heavy (non-hydrogen) atoms. The molecule has 0 atom stereocenters. The molecule has 3 aromatic rings. The molecule has 2 aromatic carbocycles. The summed E-state index contributed by atoms with van der Waals surface area (Å²) in [5.41, 5.74) is 2.12. The van der Waals surface area contributed by atoms with Gasteiger partial charge in [0.1, 0.15) is 11.4 Å². The van der Waals surface area contributed by atoms with E-state index >= 15 is 0 Å². The third-order valence-corrected chi connectivity index (χ3v) is 3.82. The first-order valence-electron chi connectivity index (χ1n) is 7.91. The van der Waals surface area contributed by atoms with E-state index in [-0.39, 0.29) is 17.9 Å². The highest BCUT2D eigenvalue weighted by Crippen LogP contribution is 2.31. The lowest BCUT2D eigenvalue weighted by Gasteiger charge is -2.06. The molecular formula is C19H16F3N3O. The number of halogens is 3. The summed E-state index contributed by atoms with van der Waals surface area (Å²) < 4.78 is 39.1. The van der Waals surface area contributed by atoms with E-state index in [4.69, 9.17) is 0 Å². The number of aromatic amines is 1. The van der Waals surface area contributed by atoms with E-state index in [0.717, 1.165) is 11.1 Å². The van der Waals surface area contributed by atoms with Crippen molar-refractivity contribution in [1.29, 1.82) is 0 Å². The fourth-order valence-electron chi connectivity index (χ4n) is 2.45. The summed E-state index contributed by atoms with van der Waals surface area (Å²) in [7, 11) is 0. The summed E-state index contributed by atoms with van der Waals surface area (Å²) in [5, 5.41) is 2.63. The SMILES string of the molecule is Cc1ccc(CNC(=O)c2[nH]c(C(F)(F)F)nc2-c2ccccc2)cc1. The zero-order valence-electron chi connectivity index (χ0n) is 13.9. The lowest BCUT2D eigenvalue weighted by atomic mass is 10.1. The molecule has 2 N–H and O–H groups in total. The summed E-state index contributed by atoms with van der Waals surface area (Å²) >= 11 is 0. The van der Waals surface area contributed by atoms with Crippen LogP contribution in [0.1, 0.15) is 27.4 Å². The molecule has 0 fully saturated rings. The molecule has 0 aliphatic heterocycles. The number of nitrogens with zero attached hydrogens (tertiary/aromatic N) is 1. The molecule has 3 rings (SSSR count). The van der Waals surface area contributed by atoms with Crippen molar-refractivity contribution in [3.63, 3.8) is 0 Å². The summed E-state index contributed by atoms with van der Waals surface area (Å²) in [6, 6.07) is 15.8. The highest BCUT2D eigenvalue weighted by Gasteiger charge is 2.37. The number of nitrogens with one attached hydrogen (secondary N) is 2. The fraction of sp³-hybridized carbons (Fsp3) is 0.158. The van der Waals surface area contributed by atoms with E-state index < -0.39 is 17.9 Å². The van der Waals surface area contributed by atoms with E-state index in [2.05, 4.69) is 15.3 Å². The zero-order valence-corrected chi connectivity index (χ0v) is 13.9. The molecule has 0 bridgehead atoms. The Bertz CT molecular complexity index is 900. The van der Waals surface area contributed by atoms with Gasteiger partial charge in [-0.1, -0.05) is 60.2 Å². The third-order valence-electron chi connectivity index (χ3n) is 3.82. The Morgan fingerprint density at radius 3 is 2.35 bits per heavy atom. The standard InChI is InChI=1S/C19H16F3N3O/c1-12-7-9-13(10-8-12)11-23-17(26)16-15(14-5-3-2-4-6-14)24-18(25-16)19(20,21)22/h2-10H,11H2,1H3,(H,23,26)(H,24,25). The molecule has 0 spiro atoms. The minimum absolute atomic E-state index is 0.0284. The first kappa shape index (κ1) is 17.7. The minimum atomic E-state index is -4.67. The van der Waals surface area contributed by atoms with Crippen LogP contribution in [0.25, 0.3) is 11.3 Å². The average molecular weight is 359 g/mol. The van der Waals surface area contributed by atoms with Gasteiger partial charge in [-0.3, -0.25) is 4.79 Å². The quantitative estimate of drug-likeness (QED) is 0.728. The molecule has 1 aromatic heterocycles. The lowest BCUT2D eigenvalue weighted by Crippen LogP contribution is -2.24. The molecule has 0 unspecified atom stereocenters. The number of benzene rings is 2.